The van der Waals surface area contributed by atoms with Crippen LogP contribution in [-0.2, 0) is 16.2 Å². The number of carboxylic acid groups (broad SMARTS) is 1. The molecule has 0 atom stereocenters. The number of hydrogen-bond acceptors (Lipinski definition) is 6. The summed E-state index contributed by atoms with van der Waals surface area (Å²) >= 11 is 2.03. The lowest BCUT2D eigenvalue weighted by atomic mass is 10.1. The molecule has 2 aromatic carbocycles. The molecule has 0 spiro atoms. The van der Waals surface area contributed by atoms with Gasteiger partial charge in [-0.1, -0.05) is 12.1 Å². The van der Waals surface area contributed by atoms with Crippen LogP contribution in [0.25, 0.3) is 6.08 Å². The minimum atomic E-state index is -1.01. The standard InChI is InChI=1S/C20H15IN2O7/c1-29-15-8-11(6-13-17(24)22-20(28)23-18(13)25)7-14(21)16(15)30-9-10-2-4-12(5-3-10)19(26)27/h2-8H,9H2,1H3,(H,26,27)(H2,22,23,24,25,28). The van der Waals surface area contributed by atoms with E-state index in [1.54, 1.807) is 24.3 Å². The van der Waals surface area contributed by atoms with E-state index in [1.165, 1.54) is 25.3 Å². The first-order valence-corrected chi connectivity index (χ1v) is 9.57. The van der Waals surface area contributed by atoms with Crippen LogP contribution in [0.3, 0.4) is 0 Å². The fourth-order valence-corrected chi connectivity index (χ4v) is 3.42. The number of hydrogen-bond donors (Lipinski definition) is 3. The van der Waals surface area contributed by atoms with E-state index < -0.39 is 23.8 Å². The molecule has 0 unspecified atom stereocenters. The topological polar surface area (TPSA) is 131 Å². The Balaban J connectivity index is 1.83. The maximum Gasteiger partial charge on any atom is 0.335 e. The van der Waals surface area contributed by atoms with Gasteiger partial charge in [-0.25, -0.2) is 9.59 Å². The Morgan fingerprint density at radius 3 is 2.30 bits per heavy atom. The van der Waals surface area contributed by atoms with Crippen LogP contribution in [0.1, 0.15) is 21.5 Å². The van der Waals surface area contributed by atoms with Crippen molar-refractivity contribution < 1.29 is 33.8 Å². The molecule has 1 heterocycles. The molecule has 30 heavy (non-hydrogen) atoms. The third-order valence-electron chi connectivity index (χ3n) is 4.09. The number of nitrogens with one attached hydrogen (secondary N) is 2. The van der Waals surface area contributed by atoms with Crippen LogP contribution in [0.15, 0.2) is 42.0 Å². The van der Waals surface area contributed by atoms with Crippen molar-refractivity contribution in [3.05, 3.63) is 62.2 Å². The van der Waals surface area contributed by atoms with Crippen molar-refractivity contribution in [1.29, 1.82) is 0 Å². The lowest BCUT2D eigenvalue weighted by Crippen LogP contribution is -2.51. The Bertz CT molecular complexity index is 1060. The molecule has 2 aromatic rings. The molecule has 154 valence electrons. The van der Waals surface area contributed by atoms with Crippen LogP contribution in [-0.4, -0.2) is 36.0 Å². The van der Waals surface area contributed by atoms with E-state index in [0.29, 0.717) is 20.6 Å². The van der Waals surface area contributed by atoms with Gasteiger partial charge in [0.2, 0.25) is 0 Å². The molecule has 0 aliphatic carbocycles. The number of imide groups is 2. The zero-order chi connectivity index (χ0) is 21.8. The lowest BCUT2D eigenvalue weighted by molar-refractivity contribution is -0.123. The second kappa shape index (κ2) is 8.95. The fraction of sp³-hybridized carbons (Fsp3) is 0.100. The lowest BCUT2D eigenvalue weighted by Gasteiger charge is -2.16. The zero-order valence-electron chi connectivity index (χ0n) is 15.5. The summed E-state index contributed by atoms with van der Waals surface area (Å²) in [6.45, 7) is 0.180. The molecule has 4 amide bonds. The highest BCUT2D eigenvalue weighted by Gasteiger charge is 2.27. The monoisotopic (exact) mass is 522 g/mol. The highest BCUT2D eigenvalue weighted by Crippen LogP contribution is 2.35. The third kappa shape index (κ3) is 4.76. The molecule has 0 bridgehead atoms. The van der Waals surface area contributed by atoms with Gasteiger partial charge in [0, 0.05) is 0 Å². The summed E-state index contributed by atoms with van der Waals surface area (Å²) in [5.74, 6) is -1.75. The van der Waals surface area contributed by atoms with Crippen LogP contribution in [0.5, 0.6) is 11.5 Å². The zero-order valence-corrected chi connectivity index (χ0v) is 17.7. The smallest absolute Gasteiger partial charge is 0.335 e. The number of halogens is 1. The number of rotatable bonds is 6. The van der Waals surface area contributed by atoms with E-state index in [0.717, 1.165) is 5.56 Å². The van der Waals surface area contributed by atoms with Crippen LogP contribution >= 0.6 is 22.6 Å². The van der Waals surface area contributed by atoms with E-state index in [1.807, 2.05) is 33.2 Å². The molecule has 3 rings (SSSR count). The molecule has 0 aromatic heterocycles. The quantitative estimate of drug-likeness (QED) is 0.302. The number of methoxy groups -OCH3 is 1. The van der Waals surface area contributed by atoms with Crippen LogP contribution < -0.4 is 20.1 Å². The number of carboxylic acids is 1. The number of aromatic carboxylic acids is 1. The van der Waals surface area contributed by atoms with Gasteiger partial charge in [0.25, 0.3) is 11.8 Å². The van der Waals surface area contributed by atoms with E-state index >= 15 is 0 Å². The molecule has 1 fully saturated rings. The van der Waals surface area contributed by atoms with Crippen molar-refractivity contribution in [1.82, 2.24) is 10.6 Å². The second-order valence-corrected chi connectivity index (χ2v) is 7.28. The van der Waals surface area contributed by atoms with Crippen molar-refractivity contribution in [3.63, 3.8) is 0 Å². The molecular weight excluding hydrogens is 507 g/mol. The van der Waals surface area contributed by atoms with Gasteiger partial charge in [-0.05, 0) is 64.1 Å². The average Bonchev–Trinajstić information content (AvgIpc) is 2.69. The average molecular weight is 522 g/mol. The van der Waals surface area contributed by atoms with Gasteiger partial charge in [0.15, 0.2) is 11.5 Å². The summed E-state index contributed by atoms with van der Waals surface area (Å²) in [6.07, 6.45) is 1.34. The summed E-state index contributed by atoms with van der Waals surface area (Å²) in [4.78, 5) is 45.9. The number of urea groups is 1. The van der Waals surface area contributed by atoms with Crippen molar-refractivity contribution in [3.8, 4) is 11.5 Å². The van der Waals surface area contributed by atoms with E-state index in [4.69, 9.17) is 14.6 Å². The fourth-order valence-electron chi connectivity index (χ4n) is 2.64. The normalized spacial score (nSPS) is 13.4. The predicted octanol–water partition coefficient (Wildman–Crippen LogP) is 2.33. The number of amides is 4. The van der Waals surface area contributed by atoms with Crippen molar-refractivity contribution in [2.45, 2.75) is 6.61 Å². The van der Waals surface area contributed by atoms with E-state index in [9.17, 15) is 19.2 Å². The molecule has 1 saturated heterocycles. The predicted molar refractivity (Wildman–Crippen MR) is 113 cm³/mol. The van der Waals surface area contributed by atoms with Gasteiger partial charge in [-0.15, -0.1) is 0 Å². The van der Waals surface area contributed by atoms with Gasteiger partial charge in [0.1, 0.15) is 12.2 Å². The number of barbiturate groups is 1. The number of ether oxygens (including phenoxy) is 2. The number of carbonyl (C=O) groups excluding carboxylic acids is 3. The summed E-state index contributed by atoms with van der Waals surface area (Å²) in [5, 5.41) is 13.0. The Hall–Kier alpha value is -3.41. The molecule has 3 N–H and O–H groups in total. The van der Waals surface area contributed by atoms with Gasteiger partial charge < -0.3 is 14.6 Å². The Morgan fingerprint density at radius 1 is 1.10 bits per heavy atom. The van der Waals surface area contributed by atoms with Crippen molar-refractivity contribution >= 4 is 52.5 Å². The Morgan fingerprint density at radius 2 is 1.73 bits per heavy atom. The highest BCUT2D eigenvalue weighted by atomic mass is 127. The Kier molecular flexibility index (Phi) is 6.35. The molecule has 9 nitrogen and oxygen atoms in total. The summed E-state index contributed by atoms with van der Waals surface area (Å²) in [6, 6.07) is 8.71. The molecule has 0 saturated carbocycles. The van der Waals surface area contributed by atoms with Crippen LogP contribution in [0.2, 0.25) is 0 Å². The first-order chi connectivity index (χ1) is 14.3. The van der Waals surface area contributed by atoms with E-state index in [2.05, 4.69) is 0 Å². The van der Waals surface area contributed by atoms with Gasteiger partial charge >= 0.3 is 12.0 Å². The van der Waals surface area contributed by atoms with Crippen molar-refractivity contribution in [2.75, 3.05) is 7.11 Å². The van der Waals surface area contributed by atoms with Gasteiger partial charge in [-0.2, -0.15) is 0 Å². The maximum absolute atomic E-state index is 11.9. The molecule has 1 aliphatic heterocycles. The largest absolute Gasteiger partial charge is 0.493 e. The SMILES string of the molecule is COc1cc(C=C2C(=O)NC(=O)NC2=O)cc(I)c1OCc1ccc(C(=O)O)cc1. The van der Waals surface area contributed by atoms with Crippen LogP contribution in [0.4, 0.5) is 4.79 Å². The molecule has 1 aliphatic rings. The second-order valence-electron chi connectivity index (χ2n) is 6.12. The Labute approximate surface area is 184 Å². The molecular formula is C20H15IN2O7. The van der Waals surface area contributed by atoms with Gasteiger partial charge in [0.05, 0.1) is 16.2 Å². The minimum Gasteiger partial charge on any atom is -0.493 e. The number of benzene rings is 2. The van der Waals surface area contributed by atoms with E-state index in [-0.39, 0.29) is 17.7 Å². The summed E-state index contributed by atoms with van der Waals surface area (Å²) in [7, 11) is 1.45. The summed E-state index contributed by atoms with van der Waals surface area (Å²) < 4.78 is 11.9. The summed E-state index contributed by atoms with van der Waals surface area (Å²) in [5.41, 5.74) is 1.24. The number of carbonyl (C=O) groups is 4. The maximum atomic E-state index is 11.9. The highest BCUT2D eigenvalue weighted by molar-refractivity contribution is 14.1. The first kappa shape index (κ1) is 21.3. The molecule has 0 radical (unpaired) electrons. The van der Waals surface area contributed by atoms with Crippen LogP contribution in [0, 0.1) is 3.57 Å². The van der Waals surface area contributed by atoms with Gasteiger partial charge in [-0.3, -0.25) is 20.2 Å². The minimum absolute atomic E-state index is 0.180. The molecule has 10 heteroatoms. The first-order valence-electron chi connectivity index (χ1n) is 8.49. The van der Waals surface area contributed by atoms with Crippen molar-refractivity contribution in [2.24, 2.45) is 0 Å². The third-order valence-corrected chi connectivity index (χ3v) is 4.89.